The maximum atomic E-state index is 8.25. The molecule has 6 heterocycles. The minimum Gasteiger partial charge on any atom is -0.412 e. The molecule has 0 bridgehead atoms. The largest absolute Gasteiger partial charge is 2.00 e. The van der Waals surface area contributed by atoms with Crippen molar-refractivity contribution in [3.63, 3.8) is 0 Å². The molecule has 0 saturated heterocycles. The van der Waals surface area contributed by atoms with Crippen molar-refractivity contribution in [2.24, 2.45) is 0 Å². The molecule has 0 aliphatic heterocycles. The SMILES string of the molecule is CO.CO.CO.CO.O.O.O=[N+]([O-])[O-].O=[N+]([O-])[O-].[Zn+2].c1cncc(-c2cc(-c3cccnc3)[nH]n2)c1.c1cncc(-c2cc(-c3cccnc3)[nH]n2)c1. The topological polar surface area (TPSA) is 385 Å². The minimum absolute atomic E-state index is 0. The summed E-state index contributed by atoms with van der Waals surface area (Å²) >= 11 is 0. The van der Waals surface area contributed by atoms with E-state index >= 15 is 0 Å². The molecule has 0 aromatic carbocycles. The van der Waals surface area contributed by atoms with Crippen LogP contribution in [-0.2, 0) is 19.5 Å². The maximum Gasteiger partial charge on any atom is 2.00 e. The zero-order valence-electron chi connectivity index (χ0n) is 28.9. The summed E-state index contributed by atoms with van der Waals surface area (Å²) in [6.07, 6.45) is 14.2. The van der Waals surface area contributed by atoms with Gasteiger partial charge in [0.25, 0.3) is 0 Å². The average Bonchev–Trinajstić information content (AvgIpc) is 3.88. The molecule has 0 fully saturated rings. The van der Waals surface area contributed by atoms with Crippen molar-refractivity contribution in [2.75, 3.05) is 28.4 Å². The Morgan fingerprint density at radius 3 is 0.925 bits per heavy atom. The predicted octanol–water partition coefficient (Wildman–Crippen LogP) is 1.37. The smallest absolute Gasteiger partial charge is 0.412 e. The number of nitrogens with one attached hydrogen (secondary N) is 2. The van der Waals surface area contributed by atoms with Gasteiger partial charge in [0.15, 0.2) is 0 Å². The fraction of sp³-hybridized carbons (Fsp3) is 0.133. The first-order valence-electron chi connectivity index (χ1n) is 13.5. The Labute approximate surface area is 315 Å². The molecular weight excluding hydrogens is 758 g/mol. The molecule has 53 heavy (non-hydrogen) atoms. The van der Waals surface area contributed by atoms with Gasteiger partial charge in [0.2, 0.25) is 0 Å². The summed E-state index contributed by atoms with van der Waals surface area (Å²) < 4.78 is 0. The van der Waals surface area contributed by atoms with Gasteiger partial charge in [0, 0.05) is 100 Å². The van der Waals surface area contributed by atoms with E-state index in [2.05, 4.69) is 40.3 Å². The van der Waals surface area contributed by atoms with Gasteiger partial charge in [-0.05, 0) is 60.7 Å². The first kappa shape index (κ1) is 56.2. The van der Waals surface area contributed by atoms with Crippen molar-refractivity contribution in [3.8, 4) is 45.0 Å². The summed E-state index contributed by atoms with van der Waals surface area (Å²) in [5, 5.41) is 72.0. The third-order valence-corrected chi connectivity index (χ3v) is 5.02. The zero-order valence-corrected chi connectivity index (χ0v) is 31.9. The molecule has 0 unspecified atom stereocenters. The van der Waals surface area contributed by atoms with Crippen LogP contribution in [0.2, 0.25) is 0 Å². The second-order valence-corrected chi connectivity index (χ2v) is 7.75. The molecule has 10 N–H and O–H groups in total. The van der Waals surface area contributed by atoms with E-state index < -0.39 is 10.2 Å². The Balaban J connectivity index is -0.000000201. The molecule has 6 aromatic rings. The van der Waals surface area contributed by atoms with Gasteiger partial charge in [0.1, 0.15) is 0 Å². The van der Waals surface area contributed by atoms with Gasteiger partial charge in [-0.25, -0.2) is 0 Å². The fourth-order valence-electron chi connectivity index (χ4n) is 3.31. The normalized spacial score (nSPS) is 8.00. The second kappa shape index (κ2) is 37.1. The van der Waals surface area contributed by atoms with Gasteiger partial charge in [-0.1, -0.05) is 0 Å². The molecule has 0 atom stereocenters. The molecule has 6 aromatic heterocycles. The first-order valence-corrected chi connectivity index (χ1v) is 13.5. The number of rotatable bonds is 4. The van der Waals surface area contributed by atoms with Crippen LogP contribution in [0.5, 0.6) is 0 Å². The number of aromatic amines is 2. The van der Waals surface area contributed by atoms with Crippen LogP contribution in [0.25, 0.3) is 45.0 Å². The summed E-state index contributed by atoms with van der Waals surface area (Å²) in [5.74, 6) is 0. The number of H-pyrrole nitrogens is 2. The monoisotopic (exact) mass is 796 g/mol. The molecule has 0 aliphatic rings. The zero-order chi connectivity index (χ0) is 38.2. The molecule has 0 radical (unpaired) electrons. The quantitative estimate of drug-likeness (QED) is 0.0833. The molecule has 284 valence electrons. The van der Waals surface area contributed by atoms with Crippen molar-refractivity contribution >= 4 is 0 Å². The van der Waals surface area contributed by atoms with Gasteiger partial charge in [-0.3, -0.25) is 30.1 Å². The molecular formula is C30H40N10O12Zn. The van der Waals surface area contributed by atoms with E-state index in [4.69, 9.17) is 51.1 Å². The maximum absolute atomic E-state index is 8.25. The van der Waals surface area contributed by atoms with E-state index in [-0.39, 0.29) is 30.4 Å². The number of aromatic nitrogens is 8. The van der Waals surface area contributed by atoms with Gasteiger partial charge in [0.05, 0.1) is 32.9 Å². The number of hydrogen-bond donors (Lipinski definition) is 6. The summed E-state index contributed by atoms with van der Waals surface area (Å²) in [5.41, 5.74) is 7.73. The van der Waals surface area contributed by atoms with Gasteiger partial charge in [-0.15, -0.1) is 0 Å². The number of hydrogen-bond acceptors (Lipinski definition) is 16. The Hall–Kier alpha value is -6.20. The van der Waals surface area contributed by atoms with E-state index in [9.17, 15) is 0 Å². The third kappa shape index (κ3) is 24.6. The molecule has 0 saturated carbocycles. The van der Waals surface area contributed by atoms with Gasteiger partial charge >= 0.3 is 19.5 Å². The average molecular weight is 798 g/mol. The second-order valence-electron chi connectivity index (χ2n) is 7.75. The number of pyridine rings is 4. The number of nitrogens with zero attached hydrogens (tertiary/aromatic N) is 8. The van der Waals surface area contributed by atoms with E-state index in [0.29, 0.717) is 0 Å². The van der Waals surface area contributed by atoms with Crippen molar-refractivity contribution in [1.29, 1.82) is 0 Å². The third-order valence-electron chi connectivity index (χ3n) is 5.02. The Kier molecular flexibility index (Phi) is 39.3. The number of aliphatic hydroxyl groups excluding tert-OH is 4. The number of aliphatic hydroxyl groups is 4. The van der Waals surface area contributed by atoms with E-state index in [1.807, 2.05) is 60.7 Å². The molecule has 0 spiro atoms. The van der Waals surface area contributed by atoms with Crippen LogP contribution < -0.4 is 0 Å². The Morgan fingerprint density at radius 2 is 0.717 bits per heavy atom. The van der Waals surface area contributed by atoms with Crippen molar-refractivity contribution in [1.82, 2.24) is 40.3 Å². The Morgan fingerprint density at radius 1 is 0.491 bits per heavy atom. The molecule has 22 nitrogen and oxygen atoms in total. The van der Waals surface area contributed by atoms with E-state index in [1.54, 1.807) is 49.6 Å². The molecule has 6 rings (SSSR count). The van der Waals surface area contributed by atoms with Gasteiger partial charge in [-0.2, -0.15) is 10.2 Å². The standard InChI is InChI=1S/2C13H10N4.4CH4O.2NO3.2H2O.Zn/c2*1-3-10(8-14-5-1)12-7-13(17-16-12)11-4-2-6-15-9-11;4*1-2;2*2-1(3)4;;;/h2*1-9H,(H,16,17);4*2H,1H3;;;2*1H2;/q;;;;;;2*-1;;;+2. The van der Waals surface area contributed by atoms with Crippen molar-refractivity contribution in [2.45, 2.75) is 0 Å². The first-order chi connectivity index (χ1) is 24.3. The molecule has 0 amide bonds. The van der Waals surface area contributed by atoms with Crippen LogP contribution in [0.3, 0.4) is 0 Å². The summed E-state index contributed by atoms with van der Waals surface area (Å²) in [4.78, 5) is 32.8. The summed E-state index contributed by atoms with van der Waals surface area (Å²) in [6, 6.07) is 19.5. The molecule has 0 aliphatic carbocycles. The predicted molar refractivity (Wildman–Crippen MR) is 191 cm³/mol. The van der Waals surface area contributed by atoms with Gasteiger partial charge < -0.3 is 62.0 Å². The van der Waals surface area contributed by atoms with Crippen LogP contribution in [0.1, 0.15) is 0 Å². The Bertz CT molecular complexity index is 1430. The van der Waals surface area contributed by atoms with Crippen molar-refractivity contribution < 1.29 is 61.0 Å². The summed E-state index contributed by atoms with van der Waals surface area (Å²) in [6.45, 7) is 0. The van der Waals surface area contributed by atoms with E-state index in [0.717, 1.165) is 73.5 Å². The fourth-order valence-corrected chi connectivity index (χ4v) is 3.31. The van der Waals surface area contributed by atoms with Crippen LogP contribution in [0.15, 0.2) is 110 Å². The van der Waals surface area contributed by atoms with Crippen LogP contribution in [0, 0.1) is 30.6 Å². The van der Waals surface area contributed by atoms with E-state index in [1.165, 1.54) is 0 Å². The van der Waals surface area contributed by atoms with Crippen molar-refractivity contribution in [3.05, 3.63) is 141 Å². The minimum atomic E-state index is -1.75. The van der Waals surface area contributed by atoms with Crippen LogP contribution in [0.4, 0.5) is 0 Å². The molecule has 23 heteroatoms. The summed E-state index contributed by atoms with van der Waals surface area (Å²) in [7, 11) is 4.00. The van der Waals surface area contributed by atoms with Crippen LogP contribution in [-0.4, -0.2) is 110 Å². The van der Waals surface area contributed by atoms with Crippen LogP contribution >= 0.6 is 0 Å².